The van der Waals surface area contributed by atoms with Crippen LogP contribution in [0.2, 0.25) is 0 Å². The van der Waals surface area contributed by atoms with Crippen LogP contribution in [0, 0.1) is 0 Å². The topological polar surface area (TPSA) is 90.1 Å². The Kier molecular flexibility index (Phi) is 6.10. The lowest BCUT2D eigenvalue weighted by atomic mass is 10.0. The molecule has 3 heterocycles. The number of fused-ring (bicyclic) bond motifs is 1. The van der Waals surface area contributed by atoms with Crippen LogP contribution in [0.5, 0.6) is 5.75 Å². The second-order valence-electron chi connectivity index (χ2n) is 7.11. The van der Waals surface area contributed by atoms with Gasteiger partial charge in [0.15, 0.2) is 5.65 Å². The zero-order valence-electron chi connectivity index (χ0n) is 16.9. The number of methoxy groups -OCH3 is 1. The first-order valence-corrected chi connectivity index (χ1v) is 9.92. The molecule has 0 saturated carbocycles. The van der Waals surface area contributed by atoms with Crippen molar-refractivity contribution in [3.05, 3.63) is 64.7 Å². The maximum absolute atomic E-state index is 12.6. The number of benzene rings is 1. The first kappa shape index (κ1) is 20.1. The smallest absolute Gasteiger partial charge is 0.350 e. The monoisotopic (exact) mass is 411 g/mol. The van der Waals surface area contributed by atoms with Gasteiger partial charge in [-0.05, 0) is 29.8 Å². The molecule has 158 valence electrons. The summed E-state index contributed by atoms with van der Waals surface area (Å²) in [6.07, 6.45) is 1.64. The molecule has 1 N–H and O–H groups in total. The van der Waals surface area contributed by atoms with E-state index in [1.165, 1.54) is 9.08 Å². The molecule has 3 aromatic rings. The van der Waals surface area contributed by atoms with Gasteiger partial charge < -0.3 is 14.8 Å². The van der Waals surface area contributed by atoms with Crippen LogP contribution >= 0.6 is 0 Å². The van der Waals surface area contributed by atoms with Crippen LogP contribution in [0.4, 0.5) is 0 Å². The van der Waals surface area contributed by atoms with Gasteiger partial charge in [-0.1, -0.05) is 18.2 Å². The summed E-state index contributed by atoms with van der Waals surface area (Å²) in [4.78, 5) is 27.3. The molecule has 0 bridgehead atoms. The van der Waals surface area contributed by atoms with E-state index < -0.39 is 0 Å². The van der Waals surface area contributed by atoms with Crippen LogP contribution in [0.15, 0.2) is 53.5 Å². The fourth-order valence-electron chi connectivity index (χ4n) is 3.65. The van der Waals surface area contributed by atoms with Gasteiger partial charge in [0, 0.05) is 25.8 Å². The van der Waals surface area contributed by atoms with E-state index in [1.54, 1.807) is 31.5 Å². The van der Waals surface area contributed by atoms with Gasteiger partial charge in [0.1, 0.15) is 12.3 Å². The van der Waals surface area contributed by atoms with E-state index in [4.69, 9.17) is 9.47 Å². The zero-order valence-corrected chi connectivity index (χ0v) is 16.9. The molecule has 30 heavy (non-hydrogen) atoms. The number of aromatic nitrogens is 3. The third kappa shape index (κ3) is 4.37. The Bertz CT molecular complexity index is 1050. The van der Waals surface area contributed by atoms with Crippen molar-refractivity contribution in [2.75, 3.05) is 40.0 Å². The van der Waals surface area contributed by atoms with E-state index in [0.717, 1.165) is 24.4 Å². The normalized spacial score (nSPS) is 15.8. The summed E-state index contributed by atoms with van der Waals surface area (Å²) in [5.74, 6) is 0.530. The number of nitrogens with zero attached hydrogens (tertiary/aromatic N) is 4. The standard InChI is InChI=1S/C21H25N5O4/c1-29-17-7-5-16(6-8-17)18(24-10-12-30-13-11-24)14-22-20(27)15-26-21(28)25-9-3-2-4-19(25)23-26/h2-9,18H,10-15H2,1H3,(H,22,27)/t18-/m1/s1. The number of morpholine rings is 1. The van der Waals surface area contributed by atoms with Gasteiger partial charge in [-0.25, -0.2) is 9.48 Å². The third-order valence-electron chi connectivity index (χ3n) is 5.26. The summed E-state index contributed by atoms with van der Waals surface area (Å²) in [5, 5.41) is 7.18. The Morgan fingerprint density at radius 1 is 1.20 bits per heavy atom. The van der Waals surface area contributed by atoms with Crippen LogP contribution in [-0.4, -0.2) is 64.9 Å². The highest BCUT2D eigenvalue weighted by molar-refractivity contribution is 5.75. The van der Waals surface area contributed by atoms with Gasteiger partial charge in [0.25, 0.3) is 0 Å². The van der Waals surface area contributed by atoms with E-state index >= 15 is 0 Å². The number of carbonyl (C=O) groups is 1. The van der Waals surface area contributed by atoms with E-state index in [0.29, 0.717) is 25.4 Å². The van der Waals surface area contributed by atoms with Crippen molar-refractivity contribution in [2.24, 2.45) is 0 Å². The molecular formula is C21H25N5O4. The average Bonchev–Trinajstić information content (AvgIpc) is 3.10. The van der Waals surface area contributed by atoms with Gasteiger partial charge in [0.2, 0.25) is 5.91 Å². The molecule has 0 unspecified atom stereocenters. The number of hydrogen-bond donors (Lipinski definition) is 1. The van der Waals surface area contributed by atoms with Gasteiger partial charge in [0.05, 0.1) is 26.4 Å². The molecule has 1 atom stereocenters. The van der Waals surface area contributed by atoms with Crippen LogP contribution in [0.3, 0.4) is 0 Å². The molecule has 9 heteroatoms. The maximum atomic E-state index is 12.6. The van der Waals surface area contributed by atoms with Gasteiger partial charge in [-0.2, -0.15) is 0 Å². The fraction of sp³-hybridized carbons (Fsp3) is 0.381. The largest absolute Gasteiger partial charge is 0.497 e. The predicted molar refractivity (Wildman–Crippen MR) is 111 cm³/mol. The Morgan fingerprint density at radius 3 is 2.67 bits per heavy atom. The Balaban J connectivity index is 1.46. The molecule has 1 fully saturated rings. The summed E-state index contributed by atoms with van der Waals surface area (Å²) in [6, 6.07) is 13.1. The van der Waals surface area contributed by atoms with Crippen LogP contribution in [0.1, 0.15) is 11.6 Å². The van der Waals surface area contributed by atoms with Gasteiger partial charge in [-0.3, -0.25) is 14.1 Å². The number of carbonyl (C=O) groups excluding carboxylic acids is 1. The number of nitrogens with one attached hydrogen (secondary N) is 1. The molecular weight excluding hydrogens is 386 g/mol. The number of hydrogen-bond acceptors (Lipinski definition) is 6. The minimum absolute atomic E-state index is 0.00143. The summed E-state index contributed by atoms with van der Waals surface area (Å²) < 4.78 is 13.3. The van der Waals surface area contributed by atoms with Gasteiger partial charge in [-0.15, -0.1) is 5.10 Å². The maximum Gasteiger partial charge on any atom is 0.350 e. The van der Waals surface area contributed by atoms with Crippen molar-refractivity contribution >= 4 is 11.6 Å². The fourth-order valence-corrected chi connectivity index (χ4v) is 3.65. The number of rotatable bonds is 7. The summed E-state index contributed by atoms with van der Waals surface area (Å²) in [6.45, 7) is 3.21. The van der Waals surface area contributed by atoms with Crippen molar-refractivity contribution in [1.82, 2.24) is 24.4 Å². The highest BCUT2D eigenvalue weighted by Crippen LogP contribution is 2.23. The van der Waals surface area contributed by atoms with E-state index in [2.05, 4.69) is 15.3 Å². The molecule has 0 radical (unpaired) electrons. The number of ether oxygens (including phenoxy) is 2. The molecule has 0 spiro atoms. The quantitative estimate of drug-likeness (QED) is 0.615. The lowest BCUT2D eigenvalue weighted by molar-refractivity contribution is -0.122. The van der Waals surface area contributed by atoms with Crippen molar-refractivity contribution in [2.45, 2.75) is 12.6 Å². The van der Waals surface area contributed by atoms with Crippen LogP contribution < -0.4 is 15.7 Å². The Hall–Kier alpha value is -3.17. The molecule has 0 aliphatic carbocycles. The molecule has 1 aliphatic rings. The molecule has 2 aromatic heterocycles. The van der Waals surface area contributed by atoms with Gasteiger partial charge >= 0.3 is 5.69 Å². The predicted octanol–water partition coefficient (Wildman–Crippen LogP) is 0.694. The molecule has 4 rings (SSSR count). The number of pyridine rings is 1. The second kappa shape index (κ2) is 9.10. The summed E-state index contributed by atoms with van der Waals surface area (Å²) in [7, 11) is 1.63. The molecule has 9 nitrogen and oxygen atoms in total. The minimum atomic E-state index is -0.333. The van der Waals surface area contributed by atoms with Crippen molar-refractivity contribution in [1.29, 1.82) is 0 Å². The number of amides is 1. The van der Waals surface area contributed by atoms with E-state index in [1.807, 2.05) is 24.3 Å². The highest BCUT2D eigenvalue weighted by Gasteiger charge is 2.23. The summed E-state index contributed by atoms with van der Waals surface area (Å²) >= 11 is 0. The first-order valence-electron chi connectivity index (χ1n) is 9.92. The molecule has 1 aliphatic heterocycles. The second-order valence-corrected chi connectivity index (χ2v) is 7.11. The molecule has 1 aromatic carbocycles. The highest BCUT2D eigenvalue weighted by atomic mass is 16.5. The van der Waals surface area contributed by atoms with E-state index in [-0.39, 0.29) is 24.2 Å². The van der Waals surface area contributed by atoms with Crippen molar-refractivity contribution < 1.29 is 14.3 Å². The summed E-state index contributed by atoms with van der Waals surface area (Å²) in [5.41, 5.74) is 1.27. The van der Waals surface area contributed by atoms with Crippen LogP contribution in [-0.2, 0) is 16.1 Å². The molecule has 1 amide bonds. The van der Waals surface area contributed by atoms with Crippen molar-refractivity contribution in [3.8, 4) is 5.75 Å². The first-order chi connectivity index (χ1) is 14.7. The average molecular weight is 411 g/mol. The van der Waals surface area contributed by atoms with Crippen LogP contribution in [0.25, 0.3) is 5.65 Å². The SMILES string of the molecule is COc1ccc([C@@H](CNC(=O)Cn2nc3ccccn3c2=O)N2CCOCC2)cc1. The lowest BCUT2D eigenvalue weighted by Crippen LogP contribution is -2.44. The molecule has 1 saturated heterocycles. The lowest BCUT2D eigenvalue weighted by Gasteiger charge is -2.35. The Labute approximate surface area is 173 Å². The van der Waals surface area contributed by atoms with E-state index in [9.17, 15) is 9.59 Å². The van der Waals surface area contributed by atoms with Crippen molar-refractivity contribution in [3.63, 3.8) is 0 Å². The third-order valence-corrected chi connectivity index (χ3v) is 5.26. The Morgan fingerprint density at radius 2 is 1.97 bits per heavy atom. The zero-order chi connectivity index (χ0) is 20.9. The minimum Gasteiger partial charge on any atom is -0.497 e.